The molecule has 5 atom stereocenters. The highest BCUT2D eigenvalue weighted by Gasteiger charge is 2.66. The van der Waals surface area contributed by atoms with Gasteiger partial charge in [0.1, 0.15) is 11.5 Å². The number of unbranched alkanes of at least 4 members (excludes halogenated alkanes) is 2. The van der Waals surface area contributed by atoms with Crippen molar-refractivity contribution in [3.05, 3.63) is 47.0 Å². The van der Waals surface area contributed by atoms with Crippen LogP contribution in [0.25, 0.3) is 11.1 Å². The quantitative estimate of drug-likeness (QED) is 0.338. The van der Waals surface area contributed by atoms with E-state index in [4.69, 9.17) is 15.7 Å². The third kappa shape index (κ3) is 4.41. The zero-order chi connectivity index (χ0) is 29.6. The average molecular weight is 559 g/mol. The van der Waals surface area contributed by atoms with Crippen molar-refractivity contribution in [2.75, 3.05) is 7.11 Å². The molecule has 41 heavy (non-hydrogen) atoms. The average Bonchev–Trinajstić information content (AvgIpc) is 2.93. The third-order valence-corrected chi connectivity index (χ3v) is 8.84. The molecular weight excluding hydrogens is 528 g/mol. The minimum Gasteiger partial charge on any atom is -0.507 e. The summed E-state index contributed by atoms with van der Waals surface area (Å²) >= 11 is 0. The van der Waals surface area contributed by atoms with Gasteiger partial charge in [0.2, 0.25) is 5.91 Å². The number of nitriles is 1. The number of fused-ring (bicyclic) bond motifs is 3. The van der Waals surface area contributed by atoms with Crippen molar-refractivity contribution in [3.8, 4) is 28.7 Å². The number of ether oxygens (including phenoxy) is 1. The van der Waals surface area contributed by atoms with Crippen molar-refractivity contribution in [1.82, 2.24) is 0 Å². The fraction of sp³-hybridized carbons (Fsp3) is 0.419. The molecule has 0 bridgehead atoms. The lowest BCUT2D eigenvalue weighted by molar-refractivity contribution is -0.175. The van der Waals surface area contributed by atoms with Gasteiger partial charge in [-0.25, -0.2) is 0 Å². The molecule has 4 N–H and O–H groups in total. The number of rotatable bonds is 7. The van der Waals surface area contributed by atoms with Gasteiger partial charge in [0, 0.05) is 24.3 Å². The number of phenolic OH excluding ortho intramolecular Hbond substituents is 1. The molecule has 0 saturated heterocycles. The Hall–Kier alpha value is -4.36. The van der Waals surface area contributed by atoms with Crippen molar-refractivity contribution in [2.45, 2.75) is 50.5 Å². The maximum atomic E-state index is 13.9. The molecule has 0 aliphatic heterocycles. The summed E-state index contributed by atoms with van der Waals surface area (Å²) in [5.41, 5.74) is 5.34. The van der Waals surface area contributed by atoms with Crippen LogP contribution in [0, 0.1) is 35.0 Å². The van der Waals surface area contributed by atoms with Crippen molar-refractivity contribution in [1.29, 1.82) is 5.26 Å². The summed E-state index contributed by atoms with van der Waals surface area (Å²) in [4.78, 5) is 65.1. The van der Waals surface area contributed by atoms with Gasteiger partial charge in [0.25, 0.3) is 0 Å². The molecule has 5 rings (SSSR count). The minimum atomic E-state index is -2.68. The molecule has 2 unspecified atom stereocenters. The van der Waals surface area contributed by atoms with E-state index in [9.17, 15) is 34.2 Å². The summed E-state index contributed by atoms with van der Waals surface area (Å²) in [5.74, 6) is -9.93. The lowest BCUT2D eigenvalue weighted by atomic mass is 9.53. The molecule has 2 fully saturated rings. The zero-order valence-electron chi connectivity index (χ0n) is 22.5. The Labute approximate surface area is 236 Å². The number of ketones is 4. The Morgan fingerprint density at radius 3 is 2.54 bits per heavy atom. The number of phenols is 1. The number of carbonyl (C=O) groups is 5. The highest BCUT2D eigenvalue weighted by atomic mass is 16.5. The summed E-state index contributed by atoms with van der Waals surface area (Å²) in [5, 5.41) is 31.0. The smallest absolute Gasteiger partial charge is 0.235 e. The first-order chi connectivity index (χ1) is 19.5. The number of amides is 1. The number of hydrogen-bond donors (Lipinski definition) is 3. The van der Waals surface area contributed by atoms with E-state index in [0.29, 0.717) is 28.9 Å². The van der Waals surface area contributed by atoms with E-state index in [1.54, 1.807) is 6.07 Å². The van der Waals surface area contributed by atoms with Crippen molar-refractivity contribution in [3.63, 3.8) is 0 Å². The van der Waals surface area contributed by atoms with Crippen LogP contribution in [0.2, 0.25) is 0 Å². The van der Waals surface area contributed by atoms with Gasteiger partial charge in [0.15, 0.2) is 34.7 Å². The number of primary amides is 1. The van der Waals surface area contributed by atoms with Crippen molar-refractivity contribution < 1.29 is 38.9 Å². The first-order valence-electron chi connectivity index (χ1n) is 13.6. The number of Topliss-reactive ketones (excluding diaryl/α,β-unsaturated/α-hetero) is 4. The molecule has 1 amide bonds. The number of methoxy groups -OCH3 is 1. The molecule has 3 aliphatic rings. The fourth-order valence-corrected chi connectivity index (χ4v) is 6.87. The fourth-order valence-electron chi connectivity index (χ4n) is 6.87. The van der Waals surface area contributed by atoms with E-state index in [-0.39, 0.29) is 30.6 Å². The molecule has 0 heterocycles. The van der Waals surface area contributed by atoms with Crippen LogP contribution >= 0.6 is 0 Å². The second-order valence-corrected chi connectivity index (χ2v) is 11.1. The van der Waals surface area contributed by atoms with E-state index in [2.05, 4.69) is 6.07 Å². The molecule has 2 aromatic carbocycles. The number of hydrogen-bond acceptors (Lipinski definition) is 9. The van der Waals surface area contributed by atoms with Gasteiger partial charge >= 0.3 is 0 Å². The van der Waals surface area contributed by atoms with Gasteiger partial charge in [-0.3, -0.25) is 24.0 Å². The van der Waals surface area contributed by atoms with E-state index in [0.717, 1.165) is 24.8 Å². The molecule has 10 nitrogen and oxygen atoms in total. The summed E-state index contributed by atoms with van der Waals surface area (Å²) in [6, 6.07) is 10.9. The van der Waals surface area contributed by atoms with Crippen LogP contribution in [0.3, 0.4) is 0 Å². The number of nitrogens with two attached hydrogens (primary N) is 1. The van der Waals surface area contributed by atoms with Crippen LogP contribution in [-0.4, -0.2) is 52.0 Å². The van der Waals surface area contributed by atoms with E-state index in [1.165, 1.54) is 13.2 Å². The number of aliphatic hydroxyl groups is 1. The normalized spacial score (nSPS) is 27.0. The van der Waals surface area contributed by atoms with E-state index >= 15 is 0 Å². The Balaban J connectivity index is 1.57. The second-order valence-electron chi connectivity index (χ2n) is 11.1. The van der Waals surface area contributed by atoms with E-state index in [1.807, 2.05) is 18.2 Å². The summed E-state index contributed by atoms with van der Waals surface area (Å²) < 4.78 is 5.62. The van der Waals surface area contributed by atoms with Gasteiger partial charge in [-0.2, -0.15) is 5.26 Å². The molecule has 10 heteroatoms. The van der Waals surface area contributed by atoms with Gasteiger partial charge in [-0.1, -0.05) is 12.1 Å². The Bertz CT molecular complexity index is 1540. The molecule has 0 spiro atoms. The van der Waals surface area contributed by atoms with Crippen LogP contribution in [-0.2, 0) is 32.0 Å². The van der Waals surface area contributed by atoms with Gasteiger partial charge in [-0.05, 0) is 72.9 Å². The summed E-state index contributed by atoms with van der Waals surface area (Å²) in [6.07, 6.45) is 2.57. The summed E-state index contributed by atoms with van der Waals surface area (Å²) in [6.45, 7) is 0. The first kappa shape index (κ1) is 28.2. The number of aryl methyl sites for hydroxylation is 1. The van der Waals surface area contributed by atoms with Crippen LogP contribution < -0.4 is 10.5 Å². The maximum absolute atomic E-state index is 13.9. The lowest BCUT2D eigenvalue weighted by Crippen LogP contribution is -2.68. The topological polar surface area (TPSA) is 185 Å². The Kier molecular flexibility index (Phi) is 7.26. The van der Waals surface area contributed by atoms with Crippen LogP contribution in [0.5, 0.6) is 11.5 Å². The number of carbonyl (C=O) groups excluding carboxylic acids is 5. The largest absolute Gasteiger partial charge is 0.507 e. The molecule has 2 aromatic rings. The van der Waals surface area contributed by atoms with Gasteiger partial charge in [0.05, 0.1) is 24.7 Å². The van der Waals surface area contributed by atoms with Crippen LogP contribution in [0.15, 0.2) is 30.3 Å². The van der Waals surface area contributed by atoms with Gasteiger partial charge in [-0.15, -0.1) is 0 Å². The SMILES string of the molecule is COc1ccc(CCCCC#N)cc1-c1ccc(O)c2c1C[C@H]1C[C@H]3CC(=O)C(C(N)=O)C(=O)[C@@]3(O)C(=O)C1C2=O. The number of aromatic hydroxyl groups is 1. The maximum Gasteiger partial charge on any atom is 0.235 e. The molecule has 0 radical (unpaired) electrons. The number of benzene rings is 2. The number of nitrogens with zero attached hydrogens (tertiary/aromatic N) is 1. The molecule has 3 aliphatic carbocycles. The standard InChI is InChI=1S/C31H30N2O8/c1-41-23-9-6-15(5-3-2-4-10-32)11-19(23)18-7-8-21(34)25-20(18)13-16-12-17-14-22(35)26(30(33)39)29(38)31(17,40)28(37)24(16)27(25)36/h6-9,11,16-17,24,26,34,40H,2-5,12-14H2,1H3,(H2,33,39)/t16-,17+,24?,26?,31+/m1/s1. The van der Waals surface area contributed by atoms with Crippen molar-refractivity contribution >= 4 is 29.0 Å². The highest BCUT2D eigenvalue weighted by molar-refractivity contribution is 6.31. The Morgan fingerprint density at radius 2 is 1.85 bits per heavy atom. The Morgan fingerprint density at radius 1 is 1.10 bits per heavy atom. The third-order valence-electron chi connectivity index (χ3n) is 8.84. The lowest BCUT2D eigenvalue weighted by Gasteiger charge is -2.48. The predicted octanol–water partition coefficient (Wildman–Crippen LogP) is 2.24. The molecule has 2 saturated carbocycles. The zero-order valence-corrected chi connectivity index (χ0v) is 22.5. The van der Waals surface area contributed by atoms with Crippen molar-refractivity contribution in [2.24, 2.45) is 29.4 Å². The monoisotopic (exact) mass is 558 g/mol. The molecule has 212 valence electrons. The molecular formula is C31H30N2O8. The van der Waals surface area contributed by atoms with Crippen LogP contribution in [0.1, 0.15) is 53.6 Å². The highest BCUT2D eigenvalue weighted by Crippen LogP contribution is 2.51. The van der Waals surface area contributed by atoms with E-state index < -0.39 is 58.3 Å². The predicted molar refractivity (Wildman–Crippen MR) is 144 cm³/mol. The van der Waals surface area contributed by atoms with Crippen LogP contribution in [0.4, 0.5) is 0 Å². The minimum absolute atomic E-state index is 0.0201. The first-order valence-corrected chi connectivity index (χ1v) is 13.6. The second kappa shape index (κ2) is 10.6. The summed E-state index contributed by atoms with van der Waals surface area (Å²) in [7, 11) is 1.52. The van der Waals surface area contributed by atoms with Gasteiger partial charge < -0.3 is 20.7 Å². The molecule has 0 aromatic heterocycles.